The molecule has 0 aliphatic heterocycles. The van der Waals surface area contributed by atoms with Crippen LogP contribution in [0.25, 0.3) is 10.9 Å². The number of fused-ring (bicyclic) bond motifs is 1. The average molecular weight is 438 g/mol. The van der Waals surface area contributed by atoms with Crippen LogP contribution in [0.1, 0.15) is 33.9 Å². The van der Waals surface area contributed by atoms with E-state index in [1.54, 1.807) is 53.3 Å². The van der Waals surface area contributed by atoms with Crippen LogP contribution in [-0.2, 0) is 11.3 Å². The summed E-state index contributed by atoms with van der Waals surface area (Å²) in [5.41, 5.74) is 1.37. The van der Waals surface area contributed by atoms with E-state index in [1.807, 2.05) is 6.92 Å². The molecule has 2 aromatic carbocycles. The molecule has 0 saturated heterocycles. The van der Waals surface area contributed by atoms with E-state index in [9.17, 15) is 14.0 Å². The number of ether oxygens (including phenoxy) is 1. The predicted octanol–water partition coefficient (Wildman–Crippen LogP) is 4.82. The second-order valence-corrected chi connectivity index (χ2v) is 8.21. The lowest BCUT2D eigenvalue weighted by molar-refractivity contribution is 0.0601. The number of nitrogens with zero attached hydrogens (tertiary/aromatic N) is 2. The Morgan fingerprint density at radius 1 is 1.23 bits per heavy atom. The molecule has 0 fully saturated rings. The molecular weight excluding hydrogens is 419 g/mol. The predicted molar refractivity (Wildman–Crippen MR) is 116 cm³/mol. The van der Waals surface area contributed by atoms with E-state index < -0.39 is 5.97 Å². The Morgan fingerprint density at radius 2 is 2.00 bits per heavy atom. The summed E-state index contributed by atoms with van der Waals surface area (Å²) in [6.07, 6.45) is 1.55. The highest BCUT2D eigenvalue weighted by Crippen LogP contribution is 2.34. The Morgan fingerprint density at radius 3 is 2.68 bits per heavy atom. The van der Waals surface area contributed by atoms with Crippen molar-refractivity contribution < 1.29 is 18.3 Å². The fourth-order valence-electron chi connectivity index (χ4n) is 3.19. The number of methoxy groups -OCH3 is 1. The number of carbonyl (C=O) groups excluding carboxylic acids is 1. The monoisotopic (exact) mass is 438 g/mol. The van der Waals surface area contributed by atoms with Crippen LogP contribution in [0.3, 0.4) is 0 Å². The quantitative estimate of drug-likeness (QED) is 0.244. The molecule has 0 N–H and O–H groups in total. The van der Waals surface area contributed by atoms with Gasteiger partial charge in [-0.05, 0) is 55.0 Å². The number of rotatable bonds is 6. The summed E-state index contributed by atoms with van der Waals surface area (Å²) in [7, 11) is 1.30. The molecule has 8 heteroatoms. The van der Waals surface area contributed by atoms with Gasteiger partial charge in [0, 0.05) is 5.25 Å². The number of esters is 1. The summed E-state index contributed by atoms with van der Waals surface area (Å²) >= 11 is 1.37. The zero-order valence-electron chi connectivity index (χ0n) is 16.9. The fraction of sp³-hybridized carbons (Fsp3) is 0.174. The number of halogens is 1. The summed E-state index contributed by atoms with van der Waals surface area (Å²) in [6.45, 7) is 2.17. The van der Waals surface area contributed by atoms with E-state index in [4.69, 9.17) is 9.15 Å². The first-order valence-corrected chi connectivity index (χ1v) is 10.4. The maximum Gasteiger partial charge on any atom is 0.337 e. The summed E-state index contributed by atoms with van der Waals surface area (Å²) in [4.78, 5) is 29.9. The van der Waals surface area contributed by atoms with E-state index in [0.717, 1.165) is 5.56 Å². The first-order valence-electron chi connectivity index (χ1n) is 9.53. The van der Waals surface area contributed by atoms with Crippen LogP contribution in [0, 0.1) is 5.82 Å². The number of carbonyl (C=O) groups is 1. The van der Waals surface area contributed by atoms with Gasteiger partial charge < -0.3 is 9.15 Å². The van der Waals surface area contributed by atoms with Gasteiger partial charge in [0.05, 0.1) is 36.4 Å². The lowest BCUT2D eigenvalue weighted by Gasteiger charge is -2.16. The topological polar surface area (TPSA) is 74.3 Å². The van der Waals surface area contributed by atoms with Crippen LogP contribution in [0.5, 0.6) is 0 Å². The third-order valence-electron chi connectivity index (χ3n) is 4.86. The van der Waals surface area contributed by atoms with Gasteiger partial charge in [-0.3, -0.25) is 9.36 Å². The number of furan rings is 1. The molecule has 31 heavy (non-hydrogen) atoms. The van der Waals surface area contributed by atoms with Crippen molar-refractivity contribution in [3.05, 3.63) is 93.9 Å². The van der Waals surface area contributed by atoms with Crippen LogP contribution in [-0.4, -0.2) is 22.6 Å². The molecule has 4 aromatic rings. The van der Waals surface area contributed by atoms with Crippen molar-refractivity contribution in [3.8, 4) is 0 Å². The van der Waals surface area contributed by atoms with Crippen molar-refractivity contribution in [1.82, 2.24) is 9.55 Å². The summed E-state index contributed by atoms with van der Waals surface area (Å²) in [5.74, 6) is -0.196. The van der Waals surface area contributed by atoms with Crippen LogP contribution in [0.4, 0.5) is 4.39 Å². The molecule has 0 spiro atoms. The Balaban J connectivity index is 1.81. The van der Waals surface area contributed by atoms with E-state index in [0.29, 0.717) is 27.4 Å². The maximum absolute atomic E-state index is 13.3. The molecular formula is C23H19FN2O4S. The standard InChI is InChI=1S/C23H19FN2O4S/c1-14(15-5-8-17(24)9-6-15)31-23-25-20-12-16(22(28)29-2)7-10-19(20)21(27)26(23)13-18-4-3-11-30-18/h3-12,14H,13H2,1-2H3. The zero-order valence-corrected chi connectivity index (χ0v) is 17.7. The van der Waals surface area contributed by atoms with Gasteiger partial charge in [0.1, 0.15) is 11.6 Å². The smallest absolute Gasteiger partial charge is 0.337 e. The van der Waals surface area contributed by atoms with Gasteiger partial charge in [0.15, 0.2) is 5.16 Å². The van der Waals surface area contributed by atoms with E-state index in [-0.39, 0.29) is 23.2 Å². The molecule has 4 rings (SSSR count). The van der Waals surface area contributed by atoms with Gasteiger partial charge in [0.25, 0.3) is 5.56 Å². The highest BCUT2D eigenvalue weighted by atomic mass is 32.2. The molecule has 6 nitrogen and oxygen atoms in total. The molecule has 0 radical (unpaired) electrons. The number of hydrogen-bond donors (Lipinski definition) is 0. The third-order valence-corrected chi connectivity index (χ3v) is 6.01. The molecule has 2 aromatic heterocycles. The minimum Gasteiger partial charge on any atom is -0.467 e. The summed E-state index contributed by atoms with van der Waals surface area (Å²) in [6, 6.07) is 14.4. The van der Waals surface area contributed by atoms with Crippen molar-refractivity contribution in [2.45, 2.75) is 23.9 Å². The van der Waals surface area contributed by atoms with Crippen molar-refractivity contribution in [2.75, 3.05) is 7.11 Å². The van der Waals surface area contributed by atoms with Gasteiger partial charge in [-0.15, -0.1) is 0 Å². The van der Waals surface area contributed by atoms with Crippen molar-refractivity contribution in [2.24, 2.45) is 0 Å². The largest absolute Gasteiger partial charge is 0.467 e. The first kappa shape index (κ1) is 20.9. The van der Waals surface area contributed by atoms with Gasteiger partial charge >= 0.3 is 5.97 Å². The molecule has 0 amide bonds. The lowest BCUT2D eigenvalue weighted by atomic mass is 10.1. The molecule has 158 valence electrons. The molecule has 0 aliphatic carbocycles. The second-order valence-electron chi connectivity index (χ2n) is 6.90. The maximum atomic E-state index is 13.3. The molecule has 0 bridgehead atoms. The number of aromatic nitrogens is 2. The van der Waals surface area contributed by atoms with Crippen LogP contribution < -0.4 is 5.56 Å². The lowest BCUT2D eigenvalue weighted by Crippen LogP contribution is -2.24. The average Bonchev–Trinajstić information content (AvgIpc) is 3.29. The summed E-state index contributed by atoms with van der Waals surface area (Å²) < 4.78 is 25.0. The number of hydrogen-bond acceptors (Lipinski definition) is 6. The van der Waals surface area contributed by atoms with Gasteiger partial charge in [-0.1, -0.05) is 23.9 Å². The molecule has 2 heterocycles. The Kier molecular flexibility index (Phi) is 5.90. The molecule has 0 saturated carbocycles. The van der Waals surface area contributed by atoms with Crippen LogP contribution >= 0.6 is 11.8 Å². The number of thioether (sulfide) groups is 1. The van der Waals surface area contributed by atoms with Crippen LogP contribution in [0.2, 0.25) is 0 Å². The normalized spacial score (nSPS) is 12.1. The van der Waals surface area contributed by atoms with E-state index >= 15 is 0 Å². The summed E-state index contributed by atoms with van der Waals surface area (Å²) in [5, 5.41) is 0.752. The minimum absolute atomic E-state index is 0.100. The Hall–Kier alpha value is -3.39. The van der Waals surface area contributed by atoms with E-state index in [2.05, 4.69) is 4.98 Å². The van der Waals surface area contributed by atoms with Gasteiger partial charge in [-0.2, -0.15) is 0 Å². The molecule has 1 atom stereocenters. The van der Waals surface area contributed by atoms with Crippen LogP contribution in [0.15, 0.2) is 75.2 Å². The van der Waals surface area contributed by atoms with Gasteiger partial charge in [0.2, 0.25) is 0 Å². The second kappa shape index (κ2) is 8.77. The first-order chi connectivity index (χ1) is 15.0. The van der Waals surface area contributed by atoms with Crippen molar-refractivity contribution in [1.29, 1.82) is 0 Å². The Bertz CT molecular complexity index is 1280. The molecule has 1 unspecified atom stereocenters. The van der Waals surface area contributed by atoms with Crippen molar-refractivity contribution >= 4 is 28.6 Å². The fourth-order valence-corrected chi connectivity index (χ4v) is 4.23. The van der Waals surface area contributed by atoms with E-state index in [1.165, 1.54) is 31.0 Å². The number of benzene rings is 2. The highest BCUT2D eigenvalue weighted by molar-refractivity contribution is 7.99. The minimum atomic E-state index is -0.502. The third kappa shape index (κ3) is 4.39. The van der Waals surface area contributed by atoms with Gasteiger partial charge in [-0.25, -0.2) is 14.2 Å². The Labute approximate surface area is 181 Å². The highest BCUT2D eigenvalue weighted by Gasteiger charge is 2.18. The SMILES string of the molecule is COC(=O)c1ccc2c(=O)n(Cc3ccco3)c(SC(C)c3ccc(F)cc3)nc2c1. The van der Waals surface area contributed by atoms with Crippen molar-refractivity contribution in [3.63, 3.8) is 0 Å². The zero-order chi connectivity index (χ0) is 22.0. The molecule has 0 aliphatic rings.